The molecular formula is C12H15N2O4+. The number of quaternary nitrogens is 1. The number of para-hydroxylation sites is 1. The number of benzene rings is 1. The number of aliphatic hydroxyl groups is 1. The van der Waals surface area contributed by atoms with Crippen molar-refractivity contribution >= 4 is 12.0 Å². The maximum absolute atomic E-state index is 12.0. The van der Waals surface area contributed by atoms with E-state index in [1.807, 2.05) is 12.1 Å². The van der Waals surface area contributed by atoms with E-state index in [1.165, 1.54) is 0 Å². The van der Waals surface area contributed by atoms with E-state index in [9.17, 15) is 9.59 Å². The monoisotopic (exact) mass is 251 g/mol. The third-order valence-corrected chi connectivity index (χ3v) is 3.02. The fraction of sp³-hybridized carbons (Fsp3) is 0.333. The number of fused-ring (bicyclic) bond motifs is 1. The molecule has 1 aromatic rings. The van der Waals surface area contributed by atoms with Crippen LogP contribution in [0.15, 0.2) is 24.3 Å². The van der Waals surface area contributed by atoms with Gasteiger partial charge in [0, 0.05) is 5.56 Å². The lowest BCUT2D eigenvalue weighted by Crippen LogP contribution is -2.60. The van der Waals surface area contributed by atoms with Crippen molar-refractivity contribution in [3.8, 4) is 5.75 Å². The molecule has 6 heteroatoms. The molecule has 0 spiro atoms. The van der Waals surface area contributed by atoms with Crippen LogP contribution in [0.2, 0.25) is 0 Å². The molecule has 1 unspecified atom stereocenters. The van der Waals surface area contributed by atoms with Crippen molar-refractivity contribution in [3.05, 3.63) is 29.8 Å². The second-order valence-corrected chi connectivity index (χ2v) is 4.35. The lowest BCUT2D eigenvalue weighted by atomic mass is 10.1. The number of carbonyl (C=O) groups excluding carboxylic acids is 2. The molecule has 6 nitrogen and oxygen atoms in total. The molecule has 0 aliphatic carbocycles. The maximum Gasteiger partial charge on any atom is 0.522 e. The molecule has 0 aromatic heterocycles. The maximum atomic E-state index is 12.0. The first-order valence-electron chi connectivity index (χ1n) is 5.63. The normalized spacial score (nSPS) is 22.2. The van der Waals surface area contributed by atoms with E-state index in [2.05, 4.69) is 0 Å². The Morgan fingerprint density at radius 1 is 1.44 bits per heavy atom. The summed E-state index contributed by atoms with van der Waals surface area (Å²) in [5.41, 5.74) is 6.00. The fourth-order valence-electron chi connectivity index (χ4n) is 2.18. The third kappa shape index (κ3) is 2.20. The van der Waals surface area contributed by atoms with Crippen LogP contribution in [0.1, 0.15) is 5.56 Å². The summed E-state index contributed by atoms with van der Waals surface area (Å²) in [7, 11) is 0. The molecule has 1 aromatic carbocycles. The highest BCUT2D eigenvalue weighted by Crippen LogP contribution is 2.30. The second-order valence-electron chi connectivity index (χ2n) is 4.35. The molecule has 3 N–H and O–H groups in total. The summed E-state index contributed by atoms with van der Waals surface area (Å²) >= 11 is 0. The average molecular weight is 251 g/mol. The summed E-state index contributed by atoms with van der Waals surface area (Å²) in [6.45, 7) is 0.0207. The Kier molecular flexibility index (Phi) is 3.31. The van der Waals surface area contributed by atoms with Gasteiger partial charge in [-0.1, -0.05) is 12.1 Å². The zero-order valence-corrected chi connectivity index (χ0v) is 9.83. The van der Waals surface area contributed by atoms with Crippen molar-refractivity contribution in [3.63, 3.8) is 0 Å². The van der Waals surface area contributed by atoms with Crippen LogP contribution >= 0.6 is 0 Å². The van der Waals surface area contributed by atoms with Crippen LogP contribution in [-0.2, 0) is 11.3 Å². The molecule has 18 heavy (non-hydrogen) atoms. The van der Waals surface area contributed by atoms with E-state index >= 15 is 0 Å². The van der Waals surface area contributed by atoms with Crippen LogP contribution in [0, 0.1) is 0 Å². The summed E-state index contributed by atoms with van der Waals surface area (Å²) in [4.78, 5) is 23.2. The zero-order valence-electron chi connectivity index (χ0n) is 9.83. The van der Waals surface area contributed by atoms with E-state index in [-0.39, 0.29) is 24.2 Å². The molecule has 1 atom stereocenters. The van der Waals surface area contributed by atoms with Crippen molar-refractivity contribution in [1.29, 1.82) is 0 Å². The van der Waals surface area contributed by atoms with Crippen LogP contribution in [0.4, 0.5) is 4.79 Å². The van der Waals surface area contributed by atoms with E-state index in [1.54, 1.807) is 12.1 Å². The minimum atomic E-state index is -0.597. The zero-order chi connectivity index (χ0) is 13.2. The molecule has 2 rings (SSSR count). The van der Waals surface area contributed by atoms with Gasteiger partial charge >= 0.3 is 6.09 Å². The third-order valence-electron chi connectivity index (χ3n) is 3.02. The van der Waals surface area contributed by atoms with Crippen LogP contribution in [0.25, 0.3) is 0 Å². The van der Waals surface area contributed by atoms with Gasteiger partial charge in [0.1, 0.15) is 18.8 Å². The highest BCUT2D eigenvalue weighted by molar-refractivity contribution is 5.78. The van der Waals surface area contributed by atoms with Gasteiger partial charge in [0.25, 0.3) is 5.91 Å². The van der Waals surface area contributed by atoms with Crippen LogP contribution in [-0.4, -0.2) is 41.3 Å². The number of hydrogen-bond acceptors (Lipinski definition) is 4. The van der Waals surface area contributed by atoms with E-state index in [4.69, 9.17) is 15.6 Å². The quantitative estimate of drug-likeness (QED) is 0.737. The highest BCUT2D eigenvalue weighted by Gasteiger charge is 2.44. The van der Waals surface area contributed by atoms with Gasteiger partial charge in [0.05, 0.1) is 6.61 Å². The van der Waals surface area contributed by atoms with E-state index in [0.29, 0.717) is 12.3 Å². The van der Waals surface area contributed by atoms with Gasteiger partial charge in [-0.2, -0.15) is 4.79 Å². The summed E-state index contributed by atoms with van der Waals surface area (Å²) < 4.78 is 4.93. The molecule has 1 heterocycles. The van der Waals surface area contributed by atoms with Gasteiger partial charge in [-0.25, -0.2) is 4.48 Å². The molecular weight excluding hydrogens is 236 g/mol. The van der Waals surface area contributed by atoms with Crippen molar-refractivity contribution < 1.29 is 23.9 Å². The molecule has 0 fully saturated rings. The Labute approximate surface area is 104 Å². The van der Waals surface area contributed by atoms with E-state index < -0.39 is 12.0 Å². The SMILES string of the molecule is NC(=O)C[N+]1(CCO)Cc2ccccc2OC1=O. The Morgan fingerprint density at radius 3 is 2.83 bits per heavy atom. The van der Waals surface area contributed by atoms with Gasteiger partial charge in [-0.05, 0) is 12.1 Å². The Bertz CT molecular complexity index is 489. The average Bonchev–Trinajstić information content (AvgIpc) is 2.30. The van der Waals surface area contributed by atoms with Gasteiger partial charge in [-0.15, -0.1) is 0 Å². The lowest BCUT2D eigenvalue weighted by molar-refractivity contribution is -0.864. The summed E-state index contributed by atoms with van der Waals surface area (Å²) in [6.07, 6.45) is -0.554. The molecule has 0 bridgehead atoms. The summed E-state index contributed by atoms with van der Waals surface area (Å²) in [6, 6.07) is 7.12. The number of aliphatic hydroxyl groups excluding tert-OH is 1. The number of hydrogen-bond donors (Lipinski definition) is 2. The number of primary amides is 1. The van der Waals surface area contributed by atoms with Gasteiger partial charge in [0.2, 0.25) is 0 Å². The molecule has 96 valence electrons. The number of nitrogens with two attached hydrogens (primary N) is 1. The first-order chi connectivity index (χ1) is 8.57. The van der Waals surface area contributed by atoms with Crippen LogP contribution in [0.5, 0.6) is 5.75 Å². The molecule has 0 saturated heterocycles. The first kappa shape index (κ1) is 12.5. The minimum absolute atomic E-state index is 0.107. The Hall–Kier alpha value is -1.92. The van der Waals surface area contributed by atoms with Crippen molar-refractivity contribution in [1.82, 2.24) is 0 Å². The minimum Gasteiger partial charge on any atom is -0.390 e. The van der Waals surface area contributed by atoms with E-state index in [0.717, 1.165) is 5.56 Å². The van der Waals surface area contributed by atoms with Gasteiger partial charge in [-0.3, -0.25) is 4.79 Å². The standard InChI is InChI=1S/C12H14N2O4/c13-11(16)8-14(5-6-15)7-9-3-1-2-4-10(9)18-12(14)17/h1-4,15H,5-8H2,(H-,13,16)/p+1. The number of carbonyl (C=O) groups is 2. The van der Waals surface area contributed by atoms with Crippen molar-refractivity contribution in [2.24, 2.45) is 5.73 Å². The summed E-state index contributed by atoms with van der Waals surface area (Å²) in [5, 5.41) is 9.09. The largest absolute Gasteiger partial charge is 0.522 e. The number of amides is 2. The Morgan fingerprint density at radius 2 is 2.17 bits per heavy atom. The summed E-state index contributed by atoms with van der Waals surface area (Å²) in [5.74, 6) is -0.0987. The molecule has 0 saturated carbocycles. The second kappa shape index (κ2) is 4.75. The predicted octanol–water partition coefficient (Wildman–Crippen LogP) is -0.00660. The topological polar surface area (TPSA) is 89.6 Å². The molecule has 1 aliphatic heterocycles. The Balaban J connectivity index is 2.37. The first-order valence-corrected chi connectivity index (χ1v) is 5.63. The van der Waals surface area contributed by atoms with Crippen molar-refractivity contribution in [2.75, 3.05) is 19.7 Å². The number of rotatable bonds is 4. The molecule has 2 amide bonds. The molecule has 1 aliphatic rings. The smallest absolute Gasteiger partial charge is 0.390 e. The fourth-order valence-corrected chi connectivity index (χ4v) is 2.18. The van der Waals surface area contributed by atoms with Gasteiger partial charge in [0.15, 0.2) is 6.54 Å². The van der Waals surface area contributed by atoms with Gasteiger partial charge < -0.3 is 15.6 Å². The lowest BCUT2D eigenvalue weighted by Gasteiger charge is -2.36. The molecule has 0 radical (unpaired) electrons. The highest BCUT2D eigenvalue weighted by atomic mass is 16.6. The predicted molar refractivity (Wildman–Crippen MR) is 62.4 cm³/mol. The van der Waals surface area contributed by atoms with Crippen LogP contribution < -0.4 is 10.5 Å². The number of nitrogens with zero attached hydrogens (tertiary/aromatic N) is 1. The van der Waals surface area contributed by atoms with Crippen molar-refractivity contribution in [2.45, 2.75) is 6.54 Å². The van der Waals surface area contributed by atoms with Crippen LogP contribution in [0.3, 0.4) is 0 Å². The number of ether oxygens (including phenoxy) is 1.